The maximum atomic E-state index is 11.4. The summed E-state index contributed by atoms with van der Waals surface area (Å²) < 4.78 is 10.8. The summed E-state index contributed by atoms with van der Waals surface area (Å²) in [5.74, 6) is 0.417. The predicted molar refractivity (Wildman–Crippen MR) is 85.6 cm³/mol. The molecule has 116 valence electrons. The third-order valence-corrected chi connectivity index (χ3v) is 3.83. The molecule has 0 aliphatic carbocycles. The molecule has 0 radical (unpaired) electrons. The van der Waals surface area contributed by atoms with Crippen LogP contribution in [0.15, 0.2) is 42.5 Å². The highest BCUT2D eigenvalue weighted by molar-refractivity contribution is 5.82. The molecule has 0 saturated carbocycles. The van der Waals surface area contributed by atoms with Gasteiger partial charge in [-0.1, -0.05) is 30.3 Å². The molecule has 4 nitrogen and oxygen atoms in total. The van der Waals surface area contributed by atoms with Gasteiger partial charge in [-0.15, -0.1) is 0 Å². The molecule has 0 unspecified atom stereocenters. The second kappa shape index (κ2) is 6.10. The van der Waals surface area contributed by atoms with Gasteiger partial charge in [0.05, 0.1) is 19.6 Å². The van der Waals surface area contributed by atoms with Crippen molar-refractivity contribution in [2.75, 3.05) is 14.2 Å². The number of rotatable bonds is 5. The minimum atomic E-state index is -0.956. The molecule has 0 spiro atoms. The molecule has 2 rings (SSSR count). The summed E-state index contributed by atoms with van der Waals surface area (Å²) in [7, 11) is 3.18. The maximum Gasteiger partial charge on any atom is 0.313 e. The van der Waals surface area contributed by atoms with Crippen molar-refractivity contribution < 1.29 is 19.4 Å². The fraction of sp³-hybridized carbons (Fsp3) is 0.278. The number of aliphatic carboxylic acids is 1. The minimum absolute atomic E-state index is 0.635. The Morgan fingerprint density at radius 1 is 1.05 bits per heavy atom. The molecule has 0 heterocycles. The topological polar surface area (TPSA) is 55.8 Å². The van der Waals surface area contributed by atoms with E-state index in [2.05, 4.69) is 0 Å². The van der Waals surface area contributed by atoms with E-state index in [1.54, 1.807) is 28.1 Å². The number of hydrogen-bond acceptors (Lipinski definition) is 3. The van der Waals surface area contributed by atoms with Crippen molar-refractivity contribution in [3.63, 3.8) is 0 Å². The van der Waals surface area contributed by atoms with Gasteiger partial charge in [-0.25, -0.2) is 0 Å². The van der Waals surface area contributed by atoms with Gasteiger partial charge >= 0.3 is 5.97 Å². The van der Waals surface area contributed by atoms with Crippen LogP contribution < -0.4 is 9.47 Å². The molecule has 0 saturated heterocycles. The highest BCUT2D eigenvalue weighted by atomic mass is 16.5. The number of methoxy groups -OCH3 is 2. The average molecular weight is 300 g/mol. The zero-order chi connectivity index (χ0) is 16.3. The van der Waals surface area contributed by atoms with Crippen molar-refractivity contribution in [2.45, 2.75) is 19.3 Å². The third-order valence-electron chi connectivity index (χ3n) is 3.83. The van der Waals surface area contributed by atoms with Crippen molar-refractivity contribution in [1.82, 2.24) is 0 Å². The average Bonchev–Trinajstić information content (AvgIpc) is 2.53. The van der Waals surface area contributed by atoms with Crippen LogP contribution in [0.3, 0.4) is 0 Å². The first-order valence-electron chi connectivity index (χ1n) is 6.97. The maximum absolute atomic E-state index is 11.4. The smallest absolute Gasteiger partial charge is 0.313 e. The molecule has 0 amide bonds. The molecule has 2 aromatic carbocycles. The standard InChI is InChI=1S/C18H20O4/c1-18(2,17(19)20)13-8-5-7-12(11-13)14-9-6-10-15(21-3)16(14)22-4/h5-11H,1-4H3,(H,19,20). The molecule has 0 aromatic heterocycles. The van der Waals surface area contributed by atoms with Gasteiger partial charge in [0.25, 0.3) is 0 Å². The lowest BCUT2D eigenvalue weighted by atomic mass is 9.83. The van der Waals surface area contributed by atoms with Crippen LogP contribution >= 0.6 is 0 Å². The van der Waals surface area contributed by atoms with Crippen LogP contribution in [0.1, 0.15) is 19.4 Å². The number of para-hydroxylation sites is 1. The van der Waals surface area contributed by atoms with E-state index >= 15 is 0 Å². The zero-order valence-corrected chi connectivity index (χ0v) is 13.2. The van der Waals surface area contributed by atoms with Crippen LogP contribution in [0.25, 0.3) is 11.1 Å². The monoisotopic (exact) mass is 300 g/mol. The summed E-state index contributed by atoms with van der Waals surface area (Å²) in [6.45, 7) is 3.38. The Hall–Kier alpha value is -2.49. The summed E-state index contributed by atoms with van der Waals surface area (Å²) in [5, 5.41) is 9.39. The van der Waals surface area contributed by atoms with Gasteiger partial charge in [0, 0.05) is 5.56 Å². The van der Waals surface area contributed by atoms with Crippen LogP contribution in [0.4, 0.5) is 0 Å². The van der Waals surface area contributed by atoms with E-state index in [0.717, 1.165) is 16.7 Å². The van der Waals surface area contributed by atoms with Gasteiger partial charge in [0.15, 0.2) is 11.5 Å². The summed E-state index contributed by atoms with van der Waals surface area (Å²) in [4.78, 5) is 11.4. The third kappa shape index (κ3) is 2.77. The van der Waals surface area contributed by atoms with Crippen molar-refractivity contribution in [3.05, 3.63) is 48.0 Å². The van der Waals surface area contributed by atoms with E-state index in [1.807, 2.05) is 42.5 Å². The molecule has 1 N–H and O–H groups in total. The number of carboxylic acid groups (broad SMARTS) is 1. The fourth-order valence-electron chi connectivity index (χ4n) is 2.31. The molecule has 2 aromatic rings. The second-order valence-corrected chi connectivity index (χ2v) is 5.55. The van der Waals surface area contributed by atoms with Gasteiger partial charge in [-0.2, -0.15) is 0 Å². The Morgan fingerprint density at radius 2 is 1.73 bits per heavy atom. The first-order chi connectivity index (χ1) is 10.4. The van der Waals surface area contributed by atoms with Crippen LogP contribution in [-0.2, 0) is 10.2 Å². The molecular weight excluding hydrogens is 280 g/mol. The lowest BCUT2D eigenvalue weighted by Crippen LogP contribution is -2.28. The Morgan fingerprint density at radius 3 is 2.32 bits per heavy atom. The number of carbonyl (C=O) groups is 1. The number of hydrogen-bond donors (Lipinski definition) is 1. The van der Waals surface area contributed by atoms with Crippen LogP contribution in [0, 0.1) is 0 Å². The zero-order valence-electron chi connectivity index (χ0n) is 13.2. The van der Waals surface area contributed by atoms with Crippen molar-refractivity contribution in [3.8, 4) is 22.6 Å². The van der Waals surface area contributed by atoms with Crippen molar-refractivity contribution in [2.24, 2.45) is 0 Å². The normalized spacial score (nSPS) is 11.1. The van der Waals surface area contributed by atoms with E-state index in [0.29, 0.717) is 11.5 Å². The van der Waals surface area contributed by atoms with Gasteiger partial charge in [0.2, 0.25) is 0 Å². The molecule has 0 bridgehead atoms. The number of ether oxygens (including phenoxy) is 2. The quantitative estimate of drug-likeness (QED) is 0.914. The van der Waals surface area contributed by atoms with E-state index < -0.39 is 11.4 Å². The van der Waals surface area contributed by atoms with Gasteiger partial charge in [-0.3, -0.25) is 4.79 Å². The summed E-state index contributed by atoms with van der Waals surface area (Å²) in [5.41, 5.74) is 1.54. The largest absolute Gasteiger partial charge is 0.493 e. The molecule has 4 heteroatoms. The highest BCUT2D eigenvalue weighted by Gasteiger charge is 2.29. The predicted octanol–water partition coefficient (Wildman–Crippen LogP) is 3.73. The molecule has 22 heavy (non-hydrogen) atoms. The molecule has 0 atom stereocenters. The van der Waals surface area contributed by atoms with Crippen LogP contribution in [0.2, 0.25) is 0 Å². The fourth-order valence-corrected chi connectivity index (χ4v) is 2.31. The summed E-state index contributed by atoms with van der Waals surface area (Å²) in [6.07, 6.45) is 0. The molecular formula is C18H20O4. The van der Waals surface area contributed by atoms with E-state index in [4.69, 9.17) is 9.47 Å². The number of carboxylic acids is 1. The summed E-state index contributed by atoms with van der Waals surface area (Å²) >= 11 is 0. The minimum Gasteiger partial charge on any atom is -0.493 e. The second-order valence-electron chi connectivity index (χ2n) is 5.55. The Labute approximate surface area is 130 Å². The van der Waals surface area contributed by atoms with Gasteiger partial charge < -0.3 is 14.6 Å². The highest BCUT2D eigenvalue weighted by Crippen LogP contribution is 2.39. The lowest BCUT2D eigenvalue weighted by Gasteiger charge is -2.21. The Kier molecular flexibility index (Phi) is 4.40. The van der Waals surface area contributed by atoms with E-state index in [9.17, 15) is 9.90 Å². The molecule has 0 fully saturated rings. The van der Waals surface area contributed by atoms with Crippen molar-refractivity contribution in [1.29, 1.82) is 0 Å². The SMILES string of the molecule is COc1cccc(-c2cccc(C(C)(C)C(=O)O)c2)c1OC. The lowest BCUT2D eigenvalue weighted by molar-refractivity contribution is -0.142. The van der Waals surface area contributed by atoms with Gasteiger partial charge in [0.1, 0.15) is 0 Å². The first-order valence-corrected chi connectivity index (χ1v) is 6.97. The molecule has 0 aliphatic rings. The van der Waals surface area contributed by atoms with E-state index in [-0.39, 0.29) is 0 Å². The van der Waals surface area contributed by atoms with Crippen LogP contribution in [-0.4, -0.2) is 25.3 Å². The van der Waals surface area contributed by atoms with Crippen molar-refractivity contribution >= 4 is 5.97 Å². The Balaban J connectivity index is 2.58. The van der Waals surface area contributed by atoms with Gasteiger partial charge in [-0.05, 0) is 37.1 Å². The summed E-state index contributed by atoms with van der Waals surface area (Å²) in [6, 6.07) is 13.1. The van der Waals surface area contributed by atoms with Crippen LogP contribution in [0.5, 0.6) is 11.5 Å². The number of benzene rings is 2. The first kappa shape index (κ1) is 15.9. The Bertz CT molecular complexity index is 689. The van der Waals surface area contributed by atoms with E-state index in [1.165, 1.54) is 0 Å². The molecule has 0 aliphatic heterocycles.